The normalized spacial score (nSPS) is 10.0. The molecular formula is C11H15BrO2. The Morgan fingerprint density at radius 2 is 1.79 bits per heavy atom. The maximum atomic E-state index is 5.35. The first kappa shape index (κ1) is 11.4. The monoisotopic (exact) mass is 258 g/mol. The molecule has 0 fully saturated rings. The number of aryl methyl sites for hydroxylation is 2. The zero-order valence-electron chi connectivity index (χ0n) is 8.76. The molecule has 0 spiro atoms. The lowest BCUT2D eigenvalue weighted by Crippen LogP contribution is -1.98. The van der Waals surface area contributed by atoms with Crippen molar-refractivity contribution in [1.29, 1.82) is 0 Å². The van der Waals surface area contributed by atoms with E-state index in [1.165, 1.54) is 5.56 Å². The van der Waals surface area contributed by atoms with E-state index in [1.54, 1.807) is 14.2 Å². The van der Waals surface area contributed by atoms with Gasteiger partial charge < -0.3 is 9.47 Å². The van der Waals surface area contributed by atoms with Crippen molar-refractivity contribution < 1.29 is 9.47 Å². The third-order valence-electron chi connectivity index (χ3n) is 2.16. The van der Waals surface area contributed by atoms with Crippen LogP contribution in [-0.2, 0) is 6.42 Å². The molecule has 0 N–H and O–H groups in total. The van der Waals surface area contributed by atoms with E-state index < -0.39 is 0 Å². The molecule has 0 radical (unpaired) electrons. The third kappa shape index (κ3) is 2.21. The van der Waals surface area contributed by atoms with Crippen molar-refractivity contribution in [2.75, 3.05) is 19.5 Å². The van der Waals surface area contributed by atoms with Gasteiger partial charge in [-0.3, -0.25) is 0 Å². The van der Waals surface area contributed by atoms with Crippen LogP contribution in [0.25, 0.3) is 0 Å². The van der Waals surface area contributed by atoms with Crippen LogP contribution in [0.1, 0.15) is 11.1 Å². The van der Waals surface area contributed by atoms with Crippen LogP contribution in [0.4, 0.5) is 0 Å². The lowest BCUT2D eigenvalue weighted by Gasteiger charge is -2.14. The third-order valence-corrected chi connectivity index (χ3v) is 2.56. The molecule has 0 amide bonds. The minimum absolute atomic E-state index is 0.839. The molecule has 0 aliphatic carbocycles. The number of alkyl halides is 1. The highest BCUT2D eigenvalue weighted by atomic mass is 79.9. The average Bonchev–Trinajstić information content (AvgIpc) is 2.20. The molecule has 0 heterocycles. The Balaban J connectivity index is 3.18. The van der Waals surface area contributed by atoms with Crippen LogP contribution in [0.3, 0.4) is 0 Å². The number of benzene rings is 1. The fourth-order valence-corrected chi connectivity index (χ4v) is 1.91. The van der Waals surface area contributed by atoms with Gasteiger partial charge in [0.25, 0.3) is 0 Å². The van der Waals surface area contributed by atoms with Crippen LogP contribution in [0.15, 0.2) is 12.1 Å². The molecule has 78 valence electrons. The SMILES string of the molecule is COc1c(C)ccc(CCBr)c1OC. The Hall–Kier alpha value is -0.700. The summed E-state index contributed by atoms with van der Waals surface area (Å²) >= 11 is 3.42. The van der Waals surface area contributed by atoms with E-state index in [9.17, 15) is 0 Å². The molecule has 0 atom stereocenters. The molecule has 14 heavy (non-hydrogen) atoms. The van der Waals surface area contributed by atoms with Gasteiger partial charge in [0.1, 0.15) is 0 Å². The number of ether oxygens (including phenoxy) is 2. The van der Waals surface area contributed by atoms with E-state index in [2.05, 4.69) is 28.1 Å². The number of rotatable bonds is 4. The van der Waals surface area contributed by atoms with Crippen LogP contribution in [-0.4, -0.2) is 19.5 Å². The fraction of sp³-hybridized carbons (Fsp3) is 0.455. The Labute approximate surface area is 93.4 Å². The van der Waals surface area contributed by atoms with Crippen molar-refractivity contribution in [2.45, 2.75) is 13.3 Å². The van der Waals surface area contributed by atoms with Crippen LogP contribution in [0.2, 0.25) is 0 Å². The second-order valence-corrected chi connectivity index (χ2v) is 3.84. The Kier molecular flexibility index (Phi) is 4.26. The van der Waals surface area contributed by atoms with Gasteiger partial charge in [0.2, 0.25) is 0 Å². The molecule has 1 aromatic carbocycles. The Morgan fingerprint density at radius 3 is 2.29 bits per heavy atom. The summed E-state index contributed by atoms with van der Waals surface area (Å²) in [6.07, 6.45) is 0.944. The van der Waals surface area contributed by atoms with Crippen LogP contribution >= 0.6 is 15.9 Å². The van der Waals surface area contributed by atoms with Crippen molar-refractivity contribution in [3.63, 3.8) is 0 Å². The Morgan fingerprint density at radius 1 is 1.14 bits per heavy atom. The van der Waals surface area contributed by atoms with Gasteiger partial charge >= 0.3 is 0 Å². The molecule has 0 saturated carbocycles. The summed E-state index contributed by atoms with van der Waals surface area (Å²) in [5, 5.41) is 0.926. The largest absolute Gasteiger partial charge is 0.493 e. The summed E-state index contributed by atoms with van der Waals surface area (Å²) in [7, 11) is 3.35. The molecule has 0 aliphatic rings. The lowest BCUT2D eigenvalue weighted by atomic mass is 10.1. The summed E-state index contributed by atoms with van der Waals surface area (Å²) in [6.45, 7) is 2.01. The summed E-state index contributed by atoms with van der Waals surface area (Å²) in [6, 6.07) is 4.14. The summed E-state index contributed by atoms with van der Waals surface area (Å²) in [5.74, 6) is 1.69. The van der Waals surface area contributed by atoms with Crippen molar-refractivity contribution in [3.05, 3.63) is 23.3 Å². The Bertz CT molecular complexity index is 310. The molecule has 0 aromatic heterocycles. The van der Waals surface area contributed by atoms with Crippen molar-refractivity contribution in [2.24, 2.45) is 0 Å². The zero-order valence-corrected chi connectivity index (χ0v) is 10.3. The number of hydrogen-bond acceptors (Lipinski definition) is 2. The molecule has 2 nitrogen and oxygen atoms in total. The minimum atomic E-state index is 0.839. The maximum Gasteiger partial charge on any atom is 0.164 e. The van der Waals surface area contributed by atoms with Crippen LogP contribution < -0.4 is 9.47 Å². The van der Waals surface area contributed by atoms with Crippen molar-refractivity contribution in [3.8, 4) is 11.5 Å². The first-order chi connectivity index (χ1) is 6.74. The average molecular weight is 259 g/mol. The predicted octanol–water partition coefficient (Wildman–Crippen LogP) is 2.95. The van der Waals surface area contributed by atoms with Gasteiger partial charge in [-0.25, -0.2) is 0 Å². The van der Waals surface area contributed by atoms with Crippen LogP contribution in [0.5, 0.6) is 11.5 Å². The minimum Gasteiger partial charge on any atom is -0.493 e. The van der Waals surface area contributed by atoms with Gasteiger partial charge in [-0.05, 0) is 24.5 Å². The maximum absolute atomic E-state index is 5.35. The van der Waals surface area contributed by atoms with Gasteiger partial charge in [0, 0.05) is 5.33 Å². The highest BCUT2D eigenvalue weighted by molar-refractivity contribution is 9.09. The number of hydrogen-bond donors (Lipinski definition) is 0. The molecular weight excluding hydrogens is 244 g/mol. The van der Waals surface area contributed by atoms with E-state index in [-0.39, 0.29) is 0 Å². The number of halogens is 1. The van der Waals surface area contributed by atoms with E-state index in [4.69, 9.17) is 9.47 Å². The van der Waals surface area contributed by atoms with E-state index in [0.29, 0.717) is 0 Å². The smallest absolute Gasteiger partial charge is 0.164 e. The van der Waals surface area contributed by atoms with Gasteiger partial charge in [-0.15, -0.1) is 0 Å². The molecule has 0 unspecified atom stereocenters. The highest BCUT2D eigenvalue weighted by Crippen LogP contribution is 2.34. The summed E-state index contributed by atoms with van der Waals surface area (Å²) in [5.41, 5.74) is 2.27. The van der Waals surface area contributed by atoms with Crippen LogP contribution in [0, 0.1) is 6.92 Å². The molecule has 1 aromatic rings. The standard InChI is InChI=1S/C11H15BrO2/c1-8-4-5-9(6-7-12)11(14-3)10(8)13-2/h4-5H,6-7H2,1-3H3. The quantitative estimate of drug-likeness (QED) is 0.774. The molecule has 1 rings (SSSR count). The zero-order chi connectivity index (χ0) is 10.6. The van der Waals surface area contributed by atoms with Gasteiger partial charge in [-0.2, -0.15) is 0 Å². The first-order valence-corrected chi connectivity index (χ1v) is 5.63. The number of methoxy groups -OCH3 is 2. The van der Waals surface area contributed by atoms with Gasteiger partial charge in [-0.1, -0.05) is 28.1 Å². The second-order valence-electron chi connectivity index (χ2n) is 3.05. The van der Waals surface area contributed by atoms with E-state index >= 15 is 0 Å². The molecule has 0 aliphatic heterocycles. The highest BCUT2D eigenvalue weighted by Gasteiger charge is 2.11. The van der Waals surface area contributed by atoms with Gasteiger partial charge in [0.15, 0.2) is 11.5 Å². The summed E-state index contributed by atoms with van der Waals surface area (Å²) in [4.78, 5) is 0. The lowest BCUT2D eigenvalue weighted by molar-refractivity contribution is 0.350. The van der Waals surface area contributed by atoms with E-state index in [0.717, 1.165) is 28.8 Å². The molecule has 0 bridgehead atoms. The van der Waals surface area contributed by atoms with Gasteiger partial charge in [0.05, 0.1) is 14.2 Å². The van der Waals surface area contributed by atoms with Crippen molar-refractivity contribution >= 4 is 15.9 Å². The summed E-state index contributed by atoms with van der Waals surface area (Å²) < 4.78 is 10.7. The molecule has 3 heteroatoms. The first-order valence-electron chi connectivity index (χ1n) is 4.51. The van der Waals surface area contributed by atoms with E-state index in [1.807, 2.05) is 6.92 Å². The molecule has 0 saturated heterocycles. The fourth-order valence-electron chi connectivity index (χ4n) is 1.48. The second kappa shape index (κ2) is 5.25. The predicted molar refractivity (Wildman–Crippen MR) is 61.8 cm³/mol. The topological polar surface area (TPSA) is 18.5 Å². The van der Waals surface area contributed by atoms with Crippen molar-refractivity contribution in [1.82, 2.24) is 0 Å².